The molecule has 0 aromatic heterocycles. The number of rotatable bonds is 5. The second-order valence-corrected chi connectivity index (χ2v) is 8.91. The van der Waals surface area contributed by atoms with E-state index in [4.69, 9.17) is 4.74 Å². The normalized spacial score (nSPS) is 16.4. The van der Waals surface area contributed by atoms with E-state index in [0.29, 0.717) is 4.90 Å². The second kappa shape index (κ2) is 8.00. The van der Waals surface area contributed by atoms with Crippen molar-refractivity contribution in [3.05, 3.63) is 58.7 Å². The molecule has 27 heavy (non-hydrogen) atoms. The van der Waals surface area contributed by atoms with Gasteiger partial charge in [-0.1, -0.05) is 29.8 Å². The lowest BCUT2D eigenvalue weighted by Gasteiger charge is -2.29. The molecule has 0 unspecified atom stereocenters. The summed E-state index contributed by atoms with van der Waals surface area (Å²) in [5.41, 5.74) is 4.70. The Kier molecular flexibility index (Phi) is 5.89. The van der Waals surface area contributed by atoms with Crippen LogP contribution in [0.15, 0.2) is 41.3 Å². The van der Waals surface area contributed by atoms with Crippen LogP contribution in [0.3, 0.4) is 0 Å². The fourth-order valence-corrected chi connectivity index (χ4v) is 5.43. The molecule has 0 bridgehead atoms. The highest BCUT2D eigenvalue weighted by Gasteiger charge is 2.23. The van der Waals surface area contributed by atoms with E-state index in [-0.39, 0.29) is 6.04 Å². The van der Waals surface area contributed by atoms with Crippen LogP contribution in [0.4, 0.5) is 5.69 Å². The van der Waals surface area contributed by atoms with Gasteiger partial charge in [0, 0.05) is 24.8 Å². The maximum Gasteiger partial charge on any atom is 0.241 e. The number of nitrogens with one attached hydrogen (secondary N) is 1. The average molecular weight is 389 g/mol. The molecule has 1 fully saturated rings. The summed E-state index contributed by atoms with van der Waals surface area (Å²) in [6, 6.07) is 11.6. The van der Waals surface area contributed by atoms with Gasteiger partial charge in [-0.2, -0.15) is 0 Å². The Morgan fingerprint density at radius 2 is 1.56 bits per heavy atom. The highest BCUT2D eigenvalue weighted by Crippen LogP contribution is 2.25. The van der Waals surface area contributed by atoms with E-state index >= 15 is 0 Å². The zero-order valence-electron chi connectivity index (χ0n) is 16.5. The summed E-state index contributed by atoms with van der Waals surface area (Å²) in [6.07, 6.45) is 0. The van der Waals surface area contributed by atoms with Gasteiger partial charge in [-0.25, -0.2) is 13.1 Å². The second-order valence-electron chi connectivity index (χ2n) is 7.26. The minimum absolute atomic E-state index is 0.311. The van der Waals surface area contributed by atoms with Crippen LogP contribution in [0.2, 0.25) is 0 Å². The maximum atomic E-state index is 12.9. The molecule has 0 spiro atoms. The quantitative estimate of drug-likeness (QED) is 0.852. The molecule has 0 radical (unpaired) electrons. The molecular weight excluding hydrogens is 360 g/mol. The molecule has 1 atom stereocenters. The third-order valence-corrected chi connectivity index (χ3v) is 6.82. The summed E-state index contributed by atoms with van der Waals surface area (Å²) in [5, 5.41) is 0. The van der Waals surface area contributed by atoms with Gasteiger partial charge in [0.15, 0.2) is 0 Å². The predicted octanol–water partition coefficient (Wildman–Crippen LogP) is 3.49. The minimum atomic E-state index is -3.59. The Balaban J connectivity index is 1.77. The lowest BCUT2D eigenvalue weighted by atomic mass is 10.1. The van der Waals surface area contributed by atoms with Gasteiger partial charge in [-0.15, -0.1) is 0 Å². The van der Waals surface area contributed by atoms with E-state index in [1.165, 1.54) is 0 Å². The molecule has 1 heterocycles. The largest absolute Gasteiger partial charge is 0.378 e. The summed E-state index contributed by atoms with van der Waals surface area (Å²) in [7, 11) is -3.59. The summed E-state index contributed by atoms with van der Waals surface area (Å²) >= 11 is 0. The molecule has 2 aromatic rings. The first-order chi connectivity index (χ1) is 12.8. The highest BCUT2D eigenvalue weighted by atomic mass is 32.2. The van der Waals surface area contributed by atoms with Gasteiger partial charge < -0.3 is 9.64 Å². The van der Waals surface area contributed by atoms with Gasteiger partial charge in [0.2, 0.25) is 10.0 Å². The lowest BCUT2D eigenvalue weighted by Crippen LogP contribution is -2.36. The van der Waals surface area contributed by atoms with E-state index in [2.05, 4.69) is 9.62 Å². The average Bonchev–Trinajstić information content (AvgIpc) is 2.61. The number of anilines is 1. The summed E-state index contributed by atoms with van der Waals surface area (Å²) < 4.78 is 34.1. The molecule has 5 nitrogen and oxygen atoms in total. The smallest absolute Gasteiger partial charge is 0.241 e. The van der Waals surface area contributed by atoms with Crippen molar-refractivity contribution in [1.29, 1.82) is 0 Å². The van der Waals surface area contributed by atoms with Crippen molar-refractivity contribution in [2.24, 2.45) is 0 Å². The summed E-state index contributed by atoms with van der Waals surface area (Å²) in [6.45, 7) is 10.8. The van der Waals surface area contributed by atoms with Gasteiger partial charge in [0.1, 0.15) is 0 Å². The first-order valence-corrected chi connectivity index (χ1v) is 10.8. The molecule has 1 saturated heterocycles. The third kappa shape index (κ3) is 4.51. The molecule has 0 aliphatic carbocycles. The van der Waals surface area contributed by atoms with Crippen LogP contribution in [0, 0.1) is 20.8 Å². The monoisotopic (exact) mass is 388 g/mol. The van der Waals surface area contributed by atoms with Gasteiger partial charge in [-0.3, -0.25) is 0 Å². The van der Waals surface area contributed by atoms with E-state index in [1.807, 2.05) is 64.1 Å². The first-order valence-electron chi connectivity index (χ1n) is 9.31. The van der Waals surface area contributed by atoms with E-state index in [0.717, 1.165) is 54.2 Å². The zero-order chi connectivity index (χ0) is 19.6. The van der Waals surface area contributed by atoms with Gasteiger partial charge in [-0.05, 0) is 56.5 Å². The number of ether oxygens (including phenoxy) is 1. The van der Waals surface area contributed by atoms with Crippen molar-refractivity contribution in [1.82, 2.24) is 4.72 Å². The molecule has 1 aliphatic heterocycles. The predicted molar refractivity (Wildman–Crippen MR) is 109 cm³/mol. The number of benzene rings is 2. The Bertz CT molecular complexity index is 879. The van der Waals surface area contributed by atoms with Crippen molar-refractivity contribution in [2.45, 2.75) is 38.6 Å². The number of nitrogens with zero attached hydrogens (tertiary/aromatic N) is 1. The summed E-state index contributed by atoms with van der Waals surface area (Å²) in [5.74, 6) is 0. The van der Waals surface area contributed by atoms with Crippen LogP contribution in [0.25, 0.3) is 0 Å². The topological polar surface area (TPSA) is 58.6 Å². The number of hydrogen-bond donors (Lipinski definition) is 1. The van der Waals surface area contributed by atoms with Gasteiger partial charge >= 0.3 is 0 Å². The van der Waals surface area contributed by atoms with E-state index < -0.39 is 10.0 Å². The Hall–Kier alpha value is -1.89. The molecule has 1 N–H and O–H groups in total. The SMILES string of the molecule is Cc1cc(C)c(S(=O)(=O)N[C@H](C)c2ccc(N3CCOCC3)cc2)c(C)c1. The standard InChI is InChI=1S/C21H28N2O3S/c1-15-13-16(2)21(17(3)14-15)27(24,25)22-18(4)19-5-7-20(8-6-19)23-9-11-26-12-10-23/h5-8,13-14,18,22H,9-12H2,1-4H3/t18-/m1/s1. The van der Waals surface area contributed by atoms with Crippen molar-refractivity contribution in [2.75, 3.05) is 31.2 Å². The molecule has 1 aliphatic rings. The zero-order valence-corrected chi connectivity index (χ0v) is 17.3. The first kappa shape index (κ1) is 19.9. The van der Waals surface area contributed by atoms with Crippen LogP contribution in [0.5, 0.6) is 0 Å². The Morgan fingerprint density at radius 1 is 1.00 bits per heavy atom. The van der Waals surface area contributed by atoms with Crippen LogP contribution in [0.1, 0.15) is 35.2 Å². The number of morpholine rings is 1. The number of hydrogen-bond acceptors (Lipinski definition) is 4. The maximum absolute atomic E-state index is 12.9. The van der Waals surface area contributed by atoms with Crippen LogP contribution >= 0.6 is 0 Å². The van der Waals surface area contributed by atoms with Crippen molar-refractivity contribution in [3.63, 3.8) is 0 Å². The highest BCUT2D eigenvalue weighted by molar-refractivity contribution is 7.89. The Morgan fingerprint density at radius 3 is 2.11 bits per heavy atom. The van der Waals surface area contributed by atoms with Gasteiger partial charge in [0.25, 0.3) is 0 Å². The fourth-order valence-electron chi connectivity index (χ4n) is 3.75. The molecule has 6 heteroatoms. The van der Waals surface area contributed by atoms with Crippen molar-refractivity contribution < 1.29 is 13.2 Å². The molecule has 0 saturated carbocycles. The van der Waals surface area contributed by atoms with Gasteiger partial charge in [0.05, 0.1) is 18.1 Å². The number of sulfonamides is 1. The van der Waals surface area contributed by atoms with Crippen molar-refractivity contribution in [3.8, 4) is 0 Å². The van der Waals surface area contributed by atoms with Crippen LogP contribution in [-0.2, 0) is 14.8 Å². The molecule has 0 amide bonds. The third-order valence-electron chi connectivity index (χ3n) is 4.97. The lowest BCUT2D eigenvalue weighted by molar-refractivity contribution is 0.122. The van der Waals surface area contributed by atoms with Crippen LogP contribution < -0.4 is 9.62 Å². The molecular formula is C21H28N2O3S. The molecule has 2 aromatic carbocycles. The van der Waals surface area contributed by atoms with Crippen molar-refractivity contribution >= 4 is 15.7 Å². The van der Waals surface area contributed by atoms with Crippen LogP contribution in [-0.4, -0.2) is 34.7 Å². The Labute approximate surface area is 162 Å². The minimum Gasteiger partial charge on any atom is -0.378 e. The molecule has 146 valence electrons. The number of aryl methyl sites for hydroxylation is 3. The van der Waals surface area contributed by atoms with E-state index in [9.17, 15) is 8.42 Å². The fraction of sp³-hybridized carbons (Fsp3) is 0.429. The van der Waals surface area contributed by atoms with E-state index in [1.54, 1.807) is 0 Å². The molecule has 3 rings (SSSR count). The summed E-state index contributed by atoms with van der Waals surface area (Å²) in [4.78, 5) is 2.66.